The summed E-state index contributed by atoms with van der Waals surface area (Å²) < 4.78 is 0. The topological polar surface area (TPSA) is 109 Å². The number of fused-ring (bicyclic) bond motifs is 3. The summed E-state index contributed by atoms with van der Waals surface area (Å²) in [5.41, 5.74) is 9.01. The molecule has 6 nitrogen and oxygen atoms in total. The van der Waals surface area contributed by atoms with Gasteiger partial charge < -0.3 is 16.2 Å². The minimum absolute atomic E-state index is 0.0353. The van der Waals surface area contributed by atoms with Crippen LogP contribution in [0.1, 0.15) is 29.9 Å². The minimum atomic E-state index is -1.04. The van der Waals surface area contributed by atoms with E-state index in [1.165, 1.54) is 0 Å². The molecule has 2 aromatic rings. The van der Waals surface area contributed by atoms with Crippen molar-refractivity contribution in [3.8, 4) is 11.1 Å². The molecule has 6 heteroatoms. The molecule has 0 radical (unpaired) electrons. The van der Waals surface area contributed by atoms with E-state index in [4.69, 9.17) is 10.8 Å². The monoisotopic (exact) mass is 338 g/mol. The van der Waals surface area contributed by atoms with E-state index < -0.39 is 23.8 Å². The van der Waals surface area contributed by atoms with E-state index in [2.05, 4.69) is 5.32 Å². The number of carboxylic acids is 1. The Morgan fingerprint density at radius 3 is 2.00 bits per heavy atom. The lowest BCUT2D eigenvalue weighted by molar-refractivity contribution is -0.137. The molecule has 1 aliphatic rings. The van der Waals surface area contributed by atoms with Gasteiger partial charge in [-0.05, 0) is 28.7 Å². The van der Waals surface area contributed by atoms with Gasteiger partial charge in [0.05, 0.1) is 5.92 Å². The number of nitrogens with one attached hydrogen (secondary N) is 1. The quantitative estimate of drug-likeness (QED) is 0.743. The summed E-state index contributed by atoms with van der Waals surface area (Å²) >= 11 is 0. The predicted molar refractivity (Wildman–Crippen MR) is 91.7 cm³/mol. The lowest BCUT2D eigenvalue weighted by Crippen LogP contribution is -2.46. The number of benzene rings is 2. The van der Waals surface area contributed by atoms with Gasteiger partial charge in [-0.25, -0.2) is 0 Å². The van der Waals surface area contributed by atoms with Crippen molar-refractivity contribution in [1.82, 2.24) is 5.32 Å². The van der Waals surface area contributed by atoms with Crippen molar-refractivity contribution in [3.05, 3.63) is 59.7 Å². The number of aliphatic carboxylic acids is 1. The maximum absolute atomic E-state index is 12.9. The van der Waals surface area contributed by atoms with Crippen LogP contribution in [0.5, 0.6) is 0 Å². The van der Waals surface area contributed by atoms with Gasteiger partial charge in [0.25, 0.3) is 0 Å². The lowest BCUT2D eigenvalue weighted by atomic mass is 9.95. The van der Waals surface area contributed by atoms with Gasteiger partial charge >= 0.3 is 5.97 Å². The van der Waals surface area contributed by atoms with Gasteiger partial charge in [-0.1, -0.05) is 48.5 Å². The number of hydrogen-bond acceptors (Lipinski definition) is 3. The summed E-state index contributed by atoms with van der Waals surface area (Å²) in [7, 11) is 0. The molecular weight excluding hydrogens is 320 g/mol. The number of amides is 2. The molecule has 0 heterocycles. The molecule has 1 aliphatic carbocycles. The van der Waals surface area contributed by atoms with Crippen molar-refractivity contribution in [2.24, 2.45) is 5.73 Å². The first-order valence-corrected chi connectivity index (χ1v) is 7.98. The summed E-state index contributed by atoms with van der Waals surface area (Å²) in [6, 6.07) is 14.2. The second-order valence-corrected chi connectivity index (χ2v) is 6.00. The number of nitrogens with two attached hydrogens (primary N) is 1. The summed E-state index contributed by atoms with van der Waals surface area (Å²) in [6.45, 7) is 0. The molecule has 0 aliphatic heterocycles. The Kier molecular flexibility index (Phi) is 4.52. The Morgan fingerprint density at radius 1 is 1.00 bits per heavy atom. The highest BCUT2D eigenvalue weighted by atomic mass is 16.4. The molecule has 25 heavy (non-hydrogen) atoms. The first kappa shape index (κ1) is 16.7. The van der Waals surface area contributed by atoms with Crippen LogP contribution in [-0.2, 0) is 14.4 Å². The van der Waals surface area contributed by atoms with Crippen LogP contribution in [0.25, 0.3) is 11.1 Å². The van der Waals surface area contributed by atoms with Crippen molar-refractivity contribution in [1.29, 1.82) is 0 Å². The highest BCUT2D eigenvalue weighted by molar-refractivity contribution is 5.98. The normalized spacial score (nSPS) is 13.6. The molecule has 0 spiro atoms. The molecule has 0 unspecified atom stereocenters. The second kappa shape index (κ2) is 6.76. The number of carboxylic acid groups (broad SMARTS) is 1. The Morgan fingerprint density at radius 2 is 1.52 bits per heavy atom. The SMILES string of the molecule is NC(=O)[C@H](CCC(=O)O)NC(=O)C1c2ccccc2-c2ccccc21. The Hall–Kier alpha value is -3.15. The zero-order valence-electron chi connectivity index (χ0n) is 13.4. The molecule has 2 aromatic carbocycles. The van der Waals surface area contributed by atoms with E-state index in [0.717, 1.165) is 22.3 Å². The predicted octanol–water partition coefficient (Wildman–Crippen LogP) is 1.63. The average Bonchev–Trinajstić information content (AvgIpc) is 2.92. The number of carbonyl (C=O) groups excluding carboxylic acids is 2. The van der Waals surface area contributed by atoms with Crippen LogP contribution in [0.15, 0.2) is 48.5 Å². The fourth-order valence-corrected chi connectivity index (χ4v) is 3.25. The van der Waals surface area contributed by atoms with Crippen molar-refractivity contribution < 1.29 is 19.5 Å². The van der Waals surface area contributed by atoms with Gasteiger partial charge in [-0.3, -0.25) is 14.4 Å². The van der Waals surface area contributed by atoms with E-state index in [1.54, 1.807) is 0 Å². The van der Waals surface area contributed by atoms with Crippen molar-refractivity contribution in [2.45, 2.75) is 24.8 Å². The number of primary amides is 1. The van der Waals surface area contributed by atoms with Crippen molar-refractivity contribution in [2.75, 3.05) is 0 Å². The molecular formula is C19H18N2O4. The first-order valence-electron chi connectivity index (χ1n) is 7.98. The molecule has 0 bridgehead atoms. The third-order valence-corrected chi connectivity index (χ3v) is 4.40. The third kappa shape index (κ3) is 3.24. The highest BCUT2D eigenvalue weighted by Gasteiger charge is 2.34. The highest BCUT2D eigenvalue weighted by Crippen LogP contribution is 2.44. The third-order valence-electron chi connectivity index (χ3n) is 4.40. The van der Waals surface area contributed by atoms with Crippen LogP contribution in [0.2, 0.25) is 0 Å². The summed E-state index contributed by atoms with van der Waals surface area (Å²) in [5, 5.41) is 11.4. The maximum Gasteiger partial charge on any atom is 0.303 e. The molecule has 0 saturated heterocycles. The van der Waals surface area contributed by atoms with E-state index in [-0.39, 0.29) is 18.7 Å². The molecule has 0 aromatic heterocycles. The van der Waals surface area contributed by atoms with Crippen LogP contribution in [0, 0.1) is 0 Å². The molecule has 1 atom stereocenters. The van der Waals surface area contributed by atoms with Crippen LogP contribution in [0.3, 0.4) is 0 Å². The van der Waals surface area contributed by atoms with Gasteiger partial charge in [-0.15, -0.1) is 0 Å². The smallest absolute Gasteiger partial charge is 0.303 e. The zero-order chi connectivity index (χ0) is 18.0. The van der Waals surface area contributed by atoms with Crippen molar-refractivity contribution in [3.63, 3.8) is 0 Å². The lowest BCUT2D eigenvalue weighted by Gasteiger charge is -2.19. The van der Waals surface area contributed by atoms with Gasteiger partial charge in [0.1, 0.15) is 6.04 Å². The van der Waals surface area contributed by atoms with Crippen LogP contribution in [-0.4, -0.2) is 28.9 Å². The number of carbonyl (C=O) groups is 3. The molecule has 3 rings (SSSR count). The Balaban J connectivity index is 1.89. The van der Waals surface area contributed by atoms with Crippen LogP contribution < -0.4 is 11.1 Å². The Labute approximate surface area is 144 Å². The molecule has 0 fully saturated rings. The summed E-state index contributed by atoms with van der Waals surface area (Å²) in [5.74, 6) is -2.68. The number of hydrogen-bond donors (Lipinski definition) is 3. The summed E-state index contributed by atoms with van der Waals surface area (Å²) in [6.07, 6.45) is -0.280. The molecule has 4 N–H and O–H groups in total. The second-order valence-electron chi connectivity index (χ2n) is 6.00. The van der Waals surface area contributed by atoms with Crippen LogP contribution >= 0.6 is 0 Å². The van der Waals surface area contributed by atoms with E-state index in [0.29, 0.717) is 0 Å². The largest absolute Gasteiger partial charge is 0.481 e. The standard InChI is InChI=1S/C19H18N2O4/c20-18(24)15(9-10-16(22)23)21-19(25)17-13-7-3-1-5-11(13)12-6-2-4-8-14(12)17/h1-8,15,17H,9-10H2,(H2,20,24)(H,21,25)(H,22,23)/t15-/m0/s1. The van der Waals surface area contributed by atoms with Gasteiger partial charge in [-0.2, -0.15) is 0 Å². The zero-order valence-corrected chi connectivity index (χ0v) is 13.4. The van der Waals surface area contributed by atoms with Gasteiger partial charge in [0, 0.05) is 6.42 Å². The van der Waals surface area contributed by atoms with Gasteiger partial charge in [0.2, 0.25) is 11.8 Å². The van der Waals surface area contributed by atoms with E-state index >= 15 is 0 Å². The fraction of sp³-hybridized carbons (Fsp3) is 0.211. The average molecular weight is 338 g/mol. The van der Waals surface area contributed by atoms with Crippen molar-refractivity contribution >= 4 is 17.8 Å². The molecule has 0 saturated carbocycles. The van der Waals surface area contributed by atoms with E-state index in [9.17, 15) is 14.4 Å². The number of rotatable bonds is 6. The first-order chi connectivity index (χ1) is 12.0. The summed E-state index contributed by atoms with van der Waals surface area (Å²) in [4.78, 5) is 35.2. The van der Waals surface area contributed by atoms with Crippen LogP contribution in [0.4, 0.5) is 0 Å². The molecule has 2 amide bonds. The molecule has 128 valence electrons. The fourth-order valence-electron chi connectivity index (χ4n) is 3.25. The minimum Gasteiger partial charge on any atom is -0.481 e. The van der Waals surface area contributed by atoms with E-state index in [1.807, 2.05) is 48.5 Å². The Bertz CT molecular complexity index is 801. The maximum atomic E-state index is 12.9. The van der Waals surface area contributed by atoms with Gasteiger partial charge in [0.15, 0.2) is 0 Å².